The van der Waals surface area contributed by atoms with Gasteiger partial charge in [-0.3, -0.25) is 0 Å². The van der Waals surface area contributed by atoms with Crippen LogP contribution in [0.5, 0.6) is 0 Å². The lowest BCUT2D eigenvalue weighted by molar-refractivity contribution is 0.0697. The molecule has 5 nitrogen and oxygen atoms in total. The van der Waals surface area contributed by atoms with Gasteiger partial charge in [-0.2, -0.15) is 0 Å². The van der Waals surface area contributed by atoms with Gasteiger partial charge in [0.15, 0.2) is 12.0 Å². The maximum atomic E-state index is 10.8. The quantitative estimate of drug-likeness (QED) is 0.762. The summed E-state index contributed by atoms with van der Waals surface area (Å²) in [6, 6.07) is 11.8. The average molecular weight is 268 g/mol. The van der Waals surface area contributed by atoms with E-state index >= 15 is 0 Å². The van der Waals surface area contributed by atoms with E-state index in [0.717, 1.165) is 16.6 Å². The molecule has 20 heavy (non-hydrogen) atoms. The molecule has 1 atom stereocenters. The monoisotopic (exact) mass is 268 g/mol. The average Bonchev–Trinajstić information content (AvgIpc) is 2.94. The first-order valence-electron chi connectivity index (χ1n) is 6.07. The van der Waals surface area contributed by atoms with Gasteiger partial charge in [0.1, 0.15) is 5.52 Å². The molecular formula is C15H12N2O3. The van der Waals surface area contributed by atoms with E-state index in [0.29, 0.717) is 5.58 Å². The van der Waals surface area contributed by atoms with Crippen molar-refractivity contribution >= 4 is 17.1 Å². The van der Waals surface area contributed by atoms with Crippen molar-refractivity contribution in [3.63, 3.8) is 0 Å². The van der Waals surface area contributed by atoms with Crippen molar-refractivity contribution in [1.29, 1.82) is 0 Å². The third-order valence-corrected chi connectivity index (χ3v) is 3.23. The van der Waals surface area contributed by atoms with Crippen LogP contribution in [0.4, 0.5) is 0 Å². The number of aromatic nitrogens is 1. The second kappa shape index (κ2) is 4.79. The second-order valence-corrected chi connectivity index (χ2v) is 4.48. The number of fused-ring (bicyclic) bond motifs is 1. The van der Waals surface area contributed by atoms with E-state index in [-0.39, 0.29) is 11.6 Å². The van der Waals surface area contributed by atoms with Crippen molar-refractivity contribution in [2.24, 2.45) is 5.73 Å². The van der Waals surface area contributed by atoms with E-state index in [9.17, 15) is 4.79 Å². The zero-order valence-corrected chi connectivity index (χ0v) is 10.5. The summed E-state index contributed by atoms with van der Waals surface area (Å²) in [7, 11) is 0. The fourth-order valence-electron chi connectivity index (χ4n) is 2.09. The molecule has 2 aromatic carbocycles. The van der Waals surface area contributed by atoms with Gasteiger partial charge < -0.3 is 15.3 Å². The van der Waals surface area contributed by atoms with Gasteiger partial charge >= 0.3 is 5.97 Å². The lowest BCUT2D eigenvalue weighted by Crippen LogP contribution is -2.12. The van der Waals surface area contributed by atoms with Crippen LogP contribution in [0.1, 0.15) is 27.5 Å². The van der Waals surface area contributed by atoms with Crippen LogP contribution in [-0.4, -0.2) is 16.1 Å². The van der Waals surface area contributed by atoms with E-state index in [1.54, 1.807) is 24.3 Å². The minimum Gasteiger partial charge on any atom is -0.478 e. The highest BCUT2D eigenvalue weighted by Crippen LogP contribution is 2.23. The van der Waals surface area contributed by atoms with E-state index in [1.807, 2.05) is 18.2 Å². The van der Waals surface area contributed by atoms with Crippen molar-refractivity contribution < 1.29 is 14.3 Å². The number of rotatable bonds is 3. The lowest BCUT2D eigenvalue weighted by atomic mass is 9.98. The highest BCUT2D eigenvalue weighted by atomic mass is 16.4. The molecule has 0 aliphatic rings. The smallest absolute Gasteiger partial charge is 0.335 e. The van der Waals surface area contributed by atoms with E-state index in [1.165, 1.54) is 6.39 Å². The Morgan fingerprint density at radius 1 is 1.15 bits per heavy atom. The molecule has 0 amide bonds. The van der Waals surface area contributed by atoms with Crippen LogP contribution in [0.25, 0.3) is 11.1 Å². The van der Waals surface area contributed by atoms with Crippen LogP contribution in [0, 0.1) is 0 Å². The Bertz CT molecular complexity index is 762. The number of oxazole rings is 1. The maximum Gasteiger partial charge on any atom is 0.335 e. The summed E-state index contributed by atoms with van der Waals surface area (Å²) in [6.07, 6.45) is 1.39. The molecule has 3 aromatic rings. The minimum absolute atomic E-state index is 0.242. The van der Waals surface area contributed by atoms with Crippen LogP contribution < -0.4 is 5.73 Å². The van der Waals surface area contributed by atoms with Crippen molar-refractivity contribution in [2.45, 2.75) is 6.04 Å². The van der Waals surface area contributed by atoms with Crippen LogP contribution >= 0.6 is 0 Å². The zero-order chi connectivity index (χ0) is 14.1. The zero-order valence-electron chi connectivity index (χ0n) is 10.5. The number of carbonyl (C=O) groups is 1. The first-order chi connectivity index (χ1) is 9.65. The summed E-state index contributed by atoms with van der Waals surface area (Å²) in [6.45, 7) is 0. The molecule has 0 spiro atoms. The Hall–Kier alpha value is -2.66. The molecule has 0 aliphatic heterocycles. The number of aromatic carboxylic acids is 1. The number of carboxylic acid groups (broad SMARTS) is 1. The fraction of sp³-hybridized carbons (Fsp3) is 0.0667. The number of hydrogen-bond acceptors (Lipinski definition) is 4. The second-order valence-electron chi connectivity index (χ2n) is 4.48. The number of hydrogen-bond donors (Lipinski definition) is 2. The Labute approximate surface area is 114 Å². The van der Waals surface area contributed by atoms with E-state index < -0.39 is 5.97 Å². The third-order valence-electron chi connectivity index (χ3n) is 3.23. The summed E-state index contributed by atoms with van der Waals surface area (Å²) >= 11 is 0. The van der Waals surface area contributed by atoms with Gasteiger partial charge in [0.05, 0.1) is 11.6 Å². The molecule has 100 valence electrons. The summed E-state index contributed by atoms with van der Waals surface area (Å²) in [4.78, 5) is 14.9. The topological polar surface area (TPSA) is 89.4 Å². The first kappa shape index (κ1) is 12.4. The largest absolute Gasteiger partial charge is 0.478 e. The highest BCUT2D eigenvalue weighted by molar-refractivity contribution is 5.87. The van der Waals surface area contributed by atoms with Gasteiger partial charge in [-0.05, 0) is 35.4 Å². The van der Waals surface area contributed by atoms with Crippen molar-refractivity contribution in [2.75, 3.05) is 0 Å². The molecule has 3 N–H and O–H groups in total. The van der Waals surface area contributed by atoms with Crippen molar-refractivity contribution in [3.8, 4) is 0 Å². The number of nitrogens with two attached hydrogens (primary N) is 1. The van der Waals surface area contributed by atoms with E-state index in [4.69, 9.17) is 15.3 Å². The van der Waals surface area contributed by atoms with Crippen LogP contribution in [0.3, 0.4) is 0 Å². The van der Waals surface area contributed by atoms with Crippen molar-refractivity contribution in [3.05, 3.63) is 65.5 Å². The molecule has 5 heteroatoms. The van der Waals surface area contributed by atoms with Gasteiger partial charge in [-0.1, -0.05) is 18.2 Å². The SMILES string of the molecule is NC(c1ccc(C(=O)O)cc1)c1ccc2ncoc2c1. The van der Waals surface area contributed by atoms with Gasteiger partial charge in [-0.25, -0.2) is 9.78 Å². The fourth-order valence-corrected chi connectivity index (χ4v) is 2.09. The Balaban J connectivity index is 1.94. The lowest BCUT2D eigenvalue weighted by Gasteiger charge is -2.12. The predicted molar refractivity (Wildman–Crippen MR) is 73.4 cm³/mol. The molecule has 0 bridgehead atoms. The summed E-state index contributed by atoms with van der Waals surface area (Å²) < 4.78 is 5.25. The Morgan fingerprint density at radius 2 is 1.85 bits per heavy atom. The van der Waals surface area contributed by atoms with Gasteiger partial charge in [0.25, 0.3) is 0 Å². The Morgan fingerprint density at radius 3 is 2.55 bits per heavy atom. The molecule has 0 radical (unpaired) electrons. The van der Waals surface area contributed by atoms with Crippen molar-refractivity contribution in [1.82, 2.24) is 4.98 Å². The standard InChI is InChI=1S/C15H12N2O3/c16-14(9-1-3-10(4-2-9)15(18)19)11-5-6-12-13(7-11)20-8-17-12/h1-8,14H,16H2,(H,18,19). The number of nitrogens with zero attached hydrogens (tertiary/aromatic N) is 1. The first-order valence-corrected chi connectivity index (χ1v) is 6.07. The molecule has 3 rings (SSSR count). The molecule has 0 aliphatic carbocycles. The van der Waals surface area contributed by atoms with Gasteiger partial charge in [0, 0.05) is 0 Å². The van der Waals surface area contributed by atoms with Gasteiger partial charge in [-0.15, -0.1) is 0 Å². The molecule has 0 saturated heterocycles. The Kier molecular flexibility index (Phi) is 2.96. The van der Waals surface area contributed by atoms with Gasteiger partial charge in [0.2, 0.25) is 0 Å². The number of carboxylic acids is 1. The normalized spacial score (nSPS) is 12.4. The molecule has 1 unspecified atom stereocenters. The van der Waals surface area contributed by atoms with Crippen LogP contribution in [0.2, 0.25) is 0 Å². The summed E-state index contributed by atoms with van der Waals surface area (Å²) in [5, 5.41) is 8.88. The minimum atomic E-state index is -0.951. The van der Waals surface area contributed by atoms with Crippen LogP contribution in [-0.2, 0) is 0 Å². The highest BCUT2D eigenvalue weighted by Gasteiger charge is 2.11. The van der Waals surface area contributed by atoms with Crippen LogP contribution in [0.15, 0.2) is 53.3 Å². The summed E-state index contributed by atoms with van der Waals surface area (Å²) in [5.41, 5.74) is 9.62. The molecule has 0 fully saturated rings. The third kappa shape index (κ3) is 2.15. The number of benzene rings is 2. The predicted octanol–water partition coefficient (Wildman–Crippen LogP) is 2.57. The summed E-state index contributed by atoms with van der Waals surface area (Å²) in [5.74, 6) is -0.951. The van der Waals surface area contributed by atoms with E-state index in [2.05, 4.69) is 4.98 Å². The maximum absolute atomic E-state index is 10.8. The molecule has 0 saturated carbocycles. The molecule has 1 aromatic heterocycles. The molecular weight excluding hydrogens is 256 g/mol. The molecule has 1 heterocycles.